The zero-order valence-electron chi connectivity index (χ0n) is 10.3. The highest BCUT2D eigenvalue weighted by Crippen LogP contribution is 2.33. The molecule has 0 bridgehead atoms. The molecule has 0 aliphatic carbocycles. The number of nitrogens with zero attached hydrogens (tertiary/aromatic N) is 1. The van der Waals surface area contributed by atoms with Crippen molar-refractivity contribution < 1.29 is 15.1 Å². The molecular weight excluding hydrogens is 238 g/mol. The number of aliphatic hydroxyl groups excluding tert-OH is 2. The van der Waals surface area contributed by atoms with Gasteiger partial charge in [0.25, 0.3) is 0 Å². The first kappa shape index (κ1) is 14.2. The van der Waals surface area contributed by atoms with Gasteiger partial charge in [0.2, 0.25) is 0 Å². The Hall–Kier alpha value is -1.86. The van der Waals surface area contributed by atoms with Gasteiger partial charge < -0.3 is 20.8 Å². The van der Waals surface area contributed by atoms with Gasteiger partial charge in [0.15, 0.2) is 0 Å². The highest BCUT2D eigenvalue weighted by atomic mass is 16.6. The molecule has 0 radical (unpaired) electrons. The van der Waals surface area contributed by atoms with E-state index in [2.05, 4.69) is 10.6 Å². The number of nitro groups is 1. The van der Waals surface area contributed by atoms with E-state index in [4.69, 9.17) is 0 Å². The Kier molecular flexibility index (Phi) is 4.46. The van der Waals surface area contributed by atoms with E-state index in [9.17, 15) is 20.3 Å². The summed E-state index contributed by atoms with van der Waals surface area (Å²) in [5, 5.41) is 35.0. The Morgan fingerprint density at radius 3 is 2.33 bits per heavy atom. The minimum atomic E-state index is -1.02. The molecule has 0 aliphatic rings. The molecule has 0 amide bonds. The van der Waals surface area contributed by atoms with Gasteiger partial charge in [-0.1, -0.05) is 6.07 Å². The predicted molar refractivity (Wildman–Crippen MR) is 68.8 cm³/mol. The first-order chi connectivity index (χ1) is 8.47. The van der Waals surface area contributed by atoms with Crippen LogP contribution in [0.1, 0.15) is 6.92 Å². The largest absolute Gasteiger partial charge is 0.394 e. The van der Waals surface area contributed by atoms with Crippen LogP contribution in [0.4, 0.5) is 17.1 Å². The second kappa shape index (κ2) is 5.65. The van der Waals surface area contributed by atoms with Crippen LogP contribution in [0.25, 0.3) is 0 Å². The summed E-state index contributed by atoms with van der Waals surface area (Å²) in [6, 6.07) is 4.76. The topological polar surface area (TPSA) is 108 Å². The van der Waals surface area contributed by atoms with E-state index in [1.165, 1.54) is 6.07 Å². The number of para-hydroxylation sites is 1. The molecule has 100 valence electrons. The molecule has 0 saturated heterocycles. The van der Waals surface area contributed by atoms with Crippen molar-refractivity contribution in [1.29, 1.82) is 0 Å². The van der Waals surface area contributed by atoms with Crippen molar-refractivity contribution in [3.63, 3.8) is 0 Å². The number of benzene rings is 1. The molecule has 0 saturated carbocycles. The molecular formula is C11H17N3O4. The fourth-order valence-electron chi connectivity index (χ4n) is 1.50. The highest BCUT2D eigenvalue weighted by molar-refractivity contribution is 5.76. The highest BCUT2D eigenvalue weighted by Gasteiger charge is 2.27. The molecule has 0 unspecified atom stereocenters. The molecule has 18 heavy (non-hydrogen) atoms. The molecule has 0 aromatic heterocycles. The van der Waals surface area contributed by atoms with Crippen LogP contribution in [0.15, 0.2) is 18.2 Å². The van der Waals surface area contributed by atoms with Gasteiger partial charge in [0, 0.05) is 7.05 Å². The van der Waals surface area contributed by atoms with Crippen molar-refractivity contribution in [3.8, 4) is 0 Å². The van der Waals surface area contributed by atoms with E-state index in [-0.39, 0.29) is 24.6 Å². The van der Waals surface area contributed by atoms with Gasteiger partial charge in [0.05, 0.1) is 23.7 Å². The SMILES string of the molecule is CNc1cccc(NC(C)(CO)CO)c1[N+](=O)[O-]. The minimum absolute atomic E-state index is 0.117. The summed E-state index contributed by atoms with van der Waals surface area (Å²) in [5.74, 6) is 0. The Morgan fingerprint density at radius 1 is 1.33 bits per heavy atom. The third-order valence-corrected chi connectivity index (χ3v) is 2.62. The molecule has 7 heteroatoms. The molecule has 0 aliphatic heterocycles. The Labute approximate surface area is 105 Å². The summed E-state index contributed by atoms with van der Waals surface area (Å²) >= 11 is 0. The van der Waals surface area contributed by atoms with Crippen LogP contribution in [0, 0.1) is 10.1 Å². The number of rotatable bonds is 6. The summed E-state index contributed by atoms with van der Waals surface area (Å²) in [7, 11) is 1.59. The fourth-order valence-corrected chi connectivity index (χ4v) is 1.50. The molecule has 4 N–H and O–H groups in total. The van der Waals surface area contributed by atoms with Crippen molar-refractivity contribution >= 4 is 17.1 Å². The first-order valence-electron chi connectivity index (χ1n) is 5.42. The van der Waals surface area contributed by atoms with E-state index in [0.717, 1.165) is 0 Å². The Balaban J connectivity index is 3.20. The molecule has 1 aromatic rings. The average Bonchev–Trinajstić information content (AvgIpc) is 2.37. The van der Waals surface area contributed by atoms with Crippen molar-refractivity contribution in [1.82, 2.24) is 0 Å². The van der Waals surface area contributed by atoms with E-state index < -0.39 is 10.5 Å². The van der Waals surface area contributed by atoms with E-state index in [0.29, 0.717) is 5.69 Å². The van der Waals surface area contributed by atoms with Crippen LogP contribution in [-0.2, 0) is 0 Å². The number of hydrogen-bond acceptors (Lipinski definition) is 6. The predicted octanol–water partition coefficient (Wildman–Crippen LogP) is 0.792. The van der Waals surface area contributed by atoms with Crippen LogP contribution in [0.5, 0.6) is 0 Å². The maximum atomic E-state index is 11.1. The standard InChI is InChI=1S/C11H17N3O4/c1-11(6-15,7-16)13-9-5-3-4-8(12-2)10(9)14(17)18/h3-5,12-13,15-16H,6-7H2,1-2H3. The zero-order chi connectivity index (χ0) is 13.8. The Morgan fingerprint density at radius 2 is 1.89 bits per heavy atom. The van der Waals surface area contributed by atoms with Crippen molar-refractivity contribution in [3.05, 3.63) is 28.3 Å². The number of nitrogens with one attached hydrogen (secondary N) is 2. The fraction of sp³-hybridized carbons (Fsp3) is 0.455. The molecule has 7 nitrogen and oxygen atoms in total. The van der Waals surface area contributed by atoms with Crippen LogP contribution in [-0.4, -0.2) is 40.9 Å². The summed E-state index contributed by atoms with van der Waals surface area (Å²) in [6.07, 6.45) is 0. The molecule has 0 atom stereocenters. The van der Waals surface area contributed by atoms with Crippen molar-refractivity contribution in [2.45, 2.75) is 12.5 Å². The molecule has 0 spiro atoms. The number of nitro benzene ring substituents is 1. The minimum Gasteiger partial charge on any atom is -0.394 e. The molecule has 1 aromatic carbocycles. The van der Waals surface area contributed by atoms with Crippen molar-refractivity contribution in [2.24, 2.45) is 0 Å². The third-order valence-electron chi connectivity index (χ3n) is 2.62. The smallest absolute Gasteiger partial charge is 0.315 e. The van der Waals surface area contributed by atoms with Crippen LogP contribution in [0.3, 0.4) is 0 Å². The Bertz CT molecular complexity index is 432. The molecule has 1 rings (SSSR count). The van der Waals surface area contributed by atoms with Gasteiger partial charge in [-0.05, 0) is 19.1 Å². The number of aliphatic hydroxyl groups is 2. The first-order valence-corrected chi connectivity index (χ1v) is 5.42. The number of hydrogen-bond donors (Lipinski definition) is 4. The van der Waals surface area contributed by atoms with E-state index in [1.807, 2.05) is 0 Å². The van der Waals surface area contributed by atoms with Crippen molar-refractivity contribution in [2.75, 3.05) is 30.9 Å². The van der Waals surface area contributed by atoms with Gasteiger partial charge >= 0.3 is 5.69 Å². The van der Waals surface area contributed by atoms with Crippen LogP contribution < -0.4 is 10.6 Å². The second-order valence-electron chi connectivity index (χ2n) is 4.21. The lowest BCUT2D eigenvalue weighted by Gasteiger charge is -2.27. The van der Waals surface area contributed by atoms with Gasteiger partial charge in [-0.2, -0.15) is 0 Å². The van der Waals surface area contributed by atoms with Gasteiger partial charge in [-0.3, -0.25) is 10.1 Å². The van der Waals surface area contributed by atoms with Gasteiger partial charge in [-0.15, -0.1) is 0 Å². The molecule has 0 fully saturated rings. The maximum absolute atomic E-state index is 11.1. The summed E-state index contributed by atoms with van der Waals surface area (Å²) in [6.45, 7) is 0.887. The molecule has 0 heterocycles. The van der Waals surface area contributed by atoms with Crippen LogP contribution in [0.2, 0.25) is 0 Å². The third kappa shape index (κ3) is 2.88. The number of anilines is 2. The van der Waals surface area contributed by atoms with E-state index in [1.54, 1.807) is 26.1 Å². The van der Waals surface area contributed by atoms with Gasteiger partial charge in [-0.25, -0.2) is 0 Å². The zero-order valence-corrected chi connectivity index (χ0v) is 10.3. The summed E-state index contributed by atoms with van der Waals surface area (Å²) < 4.78 is 0. The van der Waals surface area contributed by atoms with E-state index >= 15 is 0 Å². The normalized spacial score (nSPS) is 11.1. The average molecular weight is 255 g/mol. The summed E-state index contributed by atoms with van der Waals surface area (Å²) in [5.41, 5.74) is -0.522. The van der Waals surface area contributed by atoms with Gasteiger partial charge in [0.1, 0.15) is 11.4 Å². The quantitative estimate of drug-likeness (QED) is 0.442. The lowest BCUT2D eigenvalue weighted by atomic mass is 10.0. The lowest BCUT2D eigenvalue weighted by molar-refractivity contribution is -0.383. The second-order valence-corrected chi connectivity index (χ2v) is 4.21. The monoisotopic (exact) mass is 255 g/mol. The lowest BCUT2D eigenvalue weighted by Crippen LogP contribution is -2.42. The summed E-state index contributed by atoms with van der Waals surface area (Å²) in [4.78, 5) is 10.6. The van der Waals surface area contributed by atoms with Crippen LogP contribution >= 0.6 is 0 Å². The maximum Gasteiger partial charge on any atom is 0.315 e.